The third kappa shape index (κ3) is 3.57. The number of benzene rings is 2. The molecule has 0 fully saturated rings. The van der Waals surface area contributed by atoms with Crippen molar-refractivity contribution in [2.24, 2.45) is 0 Å². The monoisotopic (exact) mass is 444 g/mol. The maximum absolute atomic E-state index is 13.1. The molecule has 32 heavy (non-hydrogen) atoms. The fourth-order valence-electron chi connectivity index (χ4n) is 3.65. The lowest BCUT2D eigenvalue weighted by atomic mass is 10.1. The Morgan fingerprint density at radius 3 is 2.50 bits per heavy atom. The van der Waals surface area contributed by atoms with Crippen LogP contribution in [-0.2, 0) is 19.3 Å². The molecule has 4 rings (SSSR count). The highest BCUT2D eigenvalue weighted by Crippen LogP contribution is 2.30. The fourth-order valence-corrected chi connectivity index (χ4v) is 3.65. The standard InChI is InChI=1S/C22H19F3N4O3/c1-3-28-20(30)18-19(29(21(28)31)16-9-4-5-10-17(16)32-2)26-13-27(18)12-14-7-6-8-15(11-14)22(23,24)25/h4-11,13H,3,12H2,1-2H3. The van der Waals surface area contributed by atoms with Gasteiger partial charge < -0.3 is 9.30 Å². The lowest BCUT2D eigenvalue weighted by Crippen LogP contribution is -2.39. The molecule has 0 aliphatic carbocycles. The van der Waals surface area contributed by atoms with Crippen molar-refractivity contribution in [1.29, 1.82) is 0 Å². The van der Waals surface area contributed by atoms with Crippen LogP contribution in [0, 0.1) is 0 Å². The van der Waals surface area contributed by atoms with Crippen molar-refractivity contribution < 1.29 is 17.9 Å². The second-order valence-corrected chi connectivity index (χ2v) is 7.08. The van der Waals surface area contributed by atoms with Gasteiger partial charge in [0.1, 0.15) is 5.75 Å². The summed E-state index contributed by atoms with van der Waals surface area (Å²) in [5, 5.41) is 0. The zero-order valence-electron chi connectivity index (χ0n) is 17.3. The molecule has 0 aliphatic heterocycles. The Bertz CT molecular complexity index is 1420. The van der Waals surface area contributed by atoms with Gasteiger partial charge in [-0.25, -0.2) is 14.3 Å². The van der Waals surface area contributed by atoms with E-state index in [2.05, 4.69) is 4.98 Å². The molecule has 10 heteroatoms. The quantitative estimate of drug-likeness (QED) is 0.473. The molecule has 0 spiro atoms. The van der Waals surface area contributed by atoms with E-state index in [-0.39, 0.29) is 24.3 Å². The van der Waals surface area contributed by atoms with Crippen LogP contribution in [0.15, 0.2) is 64.4 Å². The predicted molar refractivity (Wildman–Crippen MR) is 112 cm³/mol. The van der Waals surface area contributed by atoms with E-state index in [1.807, 2.05) is 0 Å². The number of alkyl halides is 3. The van der Waals surface area contributed by atoms with Crippen LogP contribution < -0.4 is 16.0 Å². The van der Waals surface area contributed by atoms with E-state index in [0.717, 1.165) is 16.7 Å². The Morgan fingerprint density at radius 2 is 1.81 bits per heavy atom. The van der Waals surface area contributed by atoms with Crippen LogP contribution in [0.2, 0.25) is 0 Å². The van der Waals surface area contributed by atoms with Gasteiger partial charge in [0.25, 0.3) is 5.56 Å². The zero-order chi connectivity index (χ0) is 23.0. The summed E-state index contributed by atoms with van der Waals surface area (Å²) in [6.07, 6.45) is -3.13. The highest BCUT2D eigenvalue weighted by atomic mass is 19.4. The van der Waals surface area contributed by atoms with Gasteiger partial charge in [0, 0.05) is 13.1 Å². The molecule has 2 heterocycles. The molecule has 4 aromatic rings. The van der Waals surface area contributed by atoms with Gasteiger partial charge in [-0.05, 0) is 36.8 Å². The van der Waals surface area contributed by atoms with Gasteiger partial charge in [-0.2, -0.15) is 13.2 Å². The number of hydrogen-bond acceptors (Lipinski definition) is 4. The molecule has 2 aromatic heterocycles. The predicted octanol–water partition coefficient (Wildman–Crippen LogP) is 3.44. The number of halogens is 3. The van der Waals surface area contributed by atoms with Gasteiger partial charge in [-0.1, -0.05) is 24.3 Å². The minimum Gasteiger partial charge on any atom is -0.495 e. The van der Waals surface area contributed by atoms with E-state index in [9.17, 15) is 22.8 Å². The number of methoxy groups -OCH3 is 1. The van der Waals surface area contributed by atoms with Crippen molar-refractivity contribution in [3.05, 3.63) is 86.8 Å². The van der Waals surface area contributed by atoms with Gasteiger partial charge in [-0.3, -0.25) is 9.36 Å². The number of fused-ring (bicyclic) bond motifs is 1. The van der Waals surface area contributed by atoms with Crippen LogP contribution in [-0.4, -0.2) is 25.8 Å². The van der Waals surface area contributed by atoms with E-state index in [1.54, 1.807) is 31.2 Å². The van der Waals surface area contributed by atoms with Crippen LogP contribution in [0.3, 0.4) is 0 Å². The number of aromatic nitrogens is 4. The van der Waals surface area contributed by atoms with Crippen molar-refractivity contribution in [2.45, 2.75) is 26.2 Å². The van der Waals surface area contributed by atoms with E-state index in [4.69, 9.17) is 4.74 Å². The minimum atomic E-state index is -4.48. The van der Waals surface area contributed by atoms with Gasteiger partial charge in [0.15, 0.2) is 11.2 Å². The Labute approximate surface area is 179 Å². The molecule has 2 aromatic carbocycles. The molecule has 0 atom stereocenters. The first-order valence-corrected chi connectivity index (χ1v) is 9.76. The Kier molecular flexibility index (Phi) is 5.37. The molecule has 0 saturated carbocycles. The topological polar surface area (TPSA) is 71.1 Å². The van der Waals surface area contributed by atoms with Crippen molar-refractivity contribution in [3.63, 3.8) is 0 Å². The molecule has 0 radical (unpaired) electrons. The Morgan fingerprint density at radius 1 is 1.06 bits per heavy atom. The summed E-state index contributed by atoms with van der Waals surface area (Å²) >= 11 is 0. The first kappa shape index (κ1) is 21.4. The average molecular weight is 444 g/mol. The second kappa shape index (κ2) is 8.03. The van der Waals surface area contributed by atoms with E-state index < -0.39 is 23.0 Å². The number of para-hydroxylation sites is 2. The van der Waals surface area contributed by atoms with Gasteiger partial charge in [-0.15, -0.1) is 0 Å². The smallest absolute Gasteiger partial charge is 0.416 e. The molecule has 0 N–H and O–H groups in total. The number of rotatable bonds is 5. The summed E-state index contributed by atoms with van der Waals surface area (Å²) in [6, 6.07) is 11.7. The van der Waals surface area contributed by atoms with Crippen LogP contribution in [0.5, 0.6) is 5.75 Å². The van der Waals surface area contributed by atoms with E-state index >= 15 is 0 Å². The fraction of sp³-hybridized carbons (Fsp3) is 0.227. The molecule has 0 bridgehead atoms. The SMILES string of the molecule is CCn1c(=O)c2c(ncn2Cc2cccc(C(F)(F)F)c2)n(-c2ccccc2OC)c1=O. The normalized spacial score (nSPS) is 11.8. The lowest BCUT2D eigenvalue weighted by molar-refractivity contribution is -0.137. The third-order valence-electron chi connectivity index (χ3n) is 5.15. The average Bonchev–Trinajstić information content (AvgIpc) is 3.17. The highest BCUT2D eigenvalue weighted by Gasteiger charge is 2.30. The summed E-state index contributed by atoms with van der Waals surface area (Å²) in [5.74, 6) is 0.407. The summed E-state index contributed by atoms with van der Waals surface area (Å²) in [5.41, 5.74) is -0.984. The molecule has 0 amide bonds. The lowest BCUT2D eigenvalue weighted by Gasteiger charge is -2.14. The van der Waals surface area contributed by atoms with Crippen molar-refractivity contribution in [3.8, 4) is 11.4 Å². The Balaban J connectivity index is 1.95. The van der Waals surface area contributed by atoms with Crippen LogP contribution in [0.1, 0.15) is 18.1 Å². The van der Waals surface area contributed by atoms with Crippen LogP contribution >= 0.6 is 0 Å². The maximum atomic E-state index is 13.1. The molecular formula is C22H19F3N4O3. The van der Waals surface area contributed by atoms with Crippen molar-refractivity contribution in [2.75, 3.05) is 7.11 Å². The summed E-state index contributed by atoms with van der Waals surface area (Å²) in [6.45, 7) is 1.75. The van der Waals surface area contributed by atoms with Crippen molar-refractivity contribution in [1.82, 2.24) is 18.7 Å². The first-order chi connectivity index (χ1) is 15.3. The molecular weight excluding hydrogens is 425 g/mol. The highest BCUT2D eigenvalue weighted by molar-refractivity contribution is 5.73. The van der Waals surface area contributed by atoms with E-state index in [0.29, 0.717) is 17.0 Å². The van der Waals surface area contributed by atoms with E-state index in [1.165, 1.54) is 34.7 Å². The first-order valence-electron chi connectivity index (χ1n) is 9.76. The molecule has 0 unspecified atom stereocenters. The second-order valence-electron chi connectivity index (χ2n) is 7.08. The Hall–Kier alpha value is -3.82. The summed E-state index contributed by atoms with van der Waals surface area (Å²) in [4.78, 5) is 30.5. The third-order valence-corrected chi connectivity index (χ3v) is 5.15. The molecule has 0 saturated heterocycles. The molecule has 0 aliphatic rings. The van der Waals surface area contributed by atoms with Crippen LogP contribution in [0.4, 0.5) is 13.2 Å². The van der Waals surface area contributed by atoms with Gasteiger partial charge >= 0.3 is 11.9 Å². The molecule has 166 valence electrons. The zero-order valence-corrected chi connectivity index (χ0v) is 17.3. The largest absolute Gasteiger partial charge is 0.495 e. The van der Waals surface area contributed by atoms with Crippen LogP contribution in [0.25, 0.3) is 16.9 Å². The number of imidazole rings is 1. The summed E-state index contributed by atoms with van der Waals surface area (Å²) < 4.78 is 48.4. The number of hydrogen-bond donors (Lipinski definition) is 0. The van der Waals surface area contributed by atoms with Crippen molar-refractivity contribution >= 4 is 11.2 Å². The number of ether oxygens (including phenoxy) is 1. The minimum absolute atomic E-state index is 0.0243. The summed E-state index contributed by atoms with van der Waals surface area (Å²) in [7, 11) is 1.46. The van der Waals surface area contributed by atoms with Gasteiger partial charge in [0.05, 0.1) is 24.7 Å². The number of nitrogens with zero attached hydrogens (tertiary/aromatic N) is 4. The van der Waals surface area contributed by atoms with Gasteiger partial charge in [0.2, 0.25) is 0 Å². The molecule has 7 nitrogen and oxygen atoms in total. The maximum Gasteiger partial charge on any atom is 0.416 e.